The van der Waals surface area contributed by atoms with Gasteiger partial charge in [0.15, 0.2) is 0 Å². The highest BCUT2D eigenvalue weighted by molar-refractivity contribution is 9.10. The monoisotopic (exact) mass is 382 g/mol. The lowest BCUT2D eigenvalue weighted by molar-refractivity contribution is 0.120. The molecule has 0 unspecified atom stereocenters. The molecule has 0 fully saturated rings. The maximum absolute atomic E-state index is 14.0. The first kappa shape index (κ1) is 17.3. The van der Waals surface area contributed by atoms with Gasteiger partial charge in [0.25, 0.3) is 0 Å². The van der Waals surface area contributed by atoms with Crippen LogP contribution in [-0.4, -0.2) is 13.3 Å². The van der Waals surface area contributed by atoms with Gasteiger partial charge in [0.05, 0.1) is 17.1 Å². The standard InChI is InChI=1S/C17H16BrFO4/c1-3-11-7-8-16(13(18)9-11)22-10-12-14(19)5-4-6-15(12)23-17(20)21-2/h4-9H,3,10H2,1-2H3. The summed E-state index contributed by atoms with van der Waals surface area (Å²) < 4.78 is 29.8. The topological polar surface area (TPSA) is 44.8 Å². The summed E-state index contributed by atoms with van der Waals surface area (Å²) in [5.74, 6) is 0.125. The molecule has 0 spiro atoms. The minimum atomic E-state index is -0.912. The molecule has 0 amide bonds. The first-order valence-corrected chi connectivity index (χ1v) is 7.78. The highest BCUT2D eigenvalue weighted by Crippen LogP contribution is 2.29. The molecular weight excluding hydrogens is 367 g/mol. The predicted molar refractivity (Wildman–Crippen MR) is 87.3 cm³/mol. The van der Waals surface area contributed by atoms with Crippen LogP contribution in [0.3, 0.4) is 0 Å². The van der Waals surface area contributed by atoms with Crippen molar-refractivity contribution in [2.75, 3.05) is 7.11 Å². The second-order valence-corrected chi connectivity index (χ2v) is 5.53. The molecule has 0 aliphatic heterocycles. The van der Waals surface area contributed by atoms with E-state index in [0.29, 0.717) is 5.75 Å². The Morgan fingerprint density at radius 1 is 1.22 bits per heavy atom. The van der Waals surface area contributed by atoms with E-state index >= 15 is 0 Å². The molecule has 0 saturated heterocycles. The van der Waals surface area contributed by atoms with Gasteiger partial charge in [0.1, 0.15) is 23.9 Å². The van der Waals surface area contributed by atoms with Gasteiger partial charge in [-0.15, -0.1) is 0 Å². The molecule has 122 valence electrons. The van der Waals surface area contributed by atoms with Crippen LogP contribution >= 0.6 is 15.9 Å². The van der Waals surface area contributed by atoms with E-state index in [2.05, 4.69) is 27.6 Å². The zero-order valence-electron chi connectivity index (χ0n) is 12.8. The van der Waals surface area contributed by atoms with Gasteiger partial charge in [-0.25, -0.2) is 9.18 Å². The highest BCUT2D eigenvalue weighted by Gasteiger charge is 2.15. The summed E-state index contributed by atoms with van der Waals surface area (Å²) in [4.78, 5) is 11.2. The molecule has 2 aromatic rings. The Kier molecular flexibility index (Phi) is 5.98. The van der Waals surface area contributed by atoms with Gasteiger partial charge in [-0.05, 0) is 52.2 Å². The molecule has 0 saturated carbocycles. The zero-order valence-corrected chi connectivity index (χ0v) is 14.4. The minimum Gasteiger partial charge on any atom is -0.487 e. The van der Waals surface area contributed by atoms with E-state index in [1.54, 1.807) is 0 Å². The van der Waals surface area contributed by atoms with Gasteiger partial charge in [-0.1, -0.05) is 19.1 Å². The lowest BCUT2D eigenvalue weighted by Gasteiger charge is -2.13. The van der Waals surface area contributed by atoms with Crippen molar-refractivity contribution >= 4 is 22.1 Å². The van der Waals surface area contributed by atoms with E-state index in [9.17, 15) is 9.18 Å². The number of halogens is 2. The molecule has 0 heterocycles. The molecule has 0 N–H and O–H groups in total. The summed E-state index contributed by atoms with van der Waals surface area (Å²) in [5, 5.41) is 0. The maximum Gasteiger partial charge on any atom is 0.513 e. The number of aryl methyl sites for hydroxylation is 1. The fourth-order valence-corrected chi connectivity index (χ4v) is 2.48. The van der Waals surface area contributed by atoms with Crippen LogP contribution in [0.2, 0.25) is 0 Å². The lowest BCUT2D eigenvalue weighted by atomic mass is 10.1. The molecule has 23 heavy (non-hydrogen) atoms. The molecule has 0 atom stereocenters. The Hall–Kier alpha value is -2.08. The highest BCUT2D eigenvalue weighted by atomic mass is 79.9. The van der Waals surface area contributed by atoms with E-state index < -0.39 is 12.0 Å². The zero-order chi connectivity index (χ0) is 16.8. The Labute approximate surface area is 142 Å². The number of rotatable bonds is 5. The van der Waals surface area contributed by atoms with Gasteiger partial charge >= 0.3 is 6.16 Å². The predicted octanol–water partition coefficient (Wildman–Crippen LogP) is 4.87. The Morgan fingerprint density at radius 3 is 2.65 bits per heavy atom. The van der Waals surface area contributed by atoms with Crippen LogP contribution in [0.4, 0.5) is 9.18 Å². The third-order valence-corrected chi connectivity index (χ3v) is 3.83. The van der Waals surface area contributed by atoms with Crippen molar-refractivity contribution in [1.82, 2.24) is 0 Å². The number of hydrogen-bond donors (Lipinski definition) is 0. The fraction of sp³-hybridized carbons (Fsp3) is 0.235. The molecule has 0 aliphatic carbocycles. The van der Waals surface area contributed by atoms with Gasteiger partial charge in [-0.3, -0.25) is 0 Å². The van der Waals surface area contributed by atoms with Gasteiger partial charge in [-0.2, -0.15) is 0 Å². The minimum absolute atomic E-state index is 0.0677. The summed E-state index contributed by atoms with van der Waals surface area (Å²) in [5.41, 5.74) is 1.30. The van der Waals surface area contributed by atoms with Gasteiger partial charge < -0.3 is 14.2 Å². The first-order valence-electron chi connectivity index (χ1n) is 6.99. The maximum atomic E-state index is 14.0. The molecule has 0 aliphatic rings. The third kappa shape index (κ3) is 4.45. The average Bonchev–Trinajstić information content (AvgIpc) is 2.55. The van der Waals surface area contributed by atoms with E-state index in [4.69, 9.17) is 9.47 Å². The van der Waals surface area contributed by atoms with Crippen molar-refractivity contribution in [2.24, 2.45) is 0 Å². The van der Waals surface area contributed by atoms with Crippen molar-refractivity contribution < 1.29 is 23.4 Å². The van der Waals surface area contributed by atoms with Crippen LogP contribution in [0, 0.1) is 5.82 Å². The smallest absolute Gasteiger partial charge is 0.487 e. The van der Waals surface area contributed by atoms with Crippen molar-refractivity contribution in [3.05, 3.63) is 57.8 Å². The Bertz CT molecular complexity index is 703. The van der Waals surface area contributed by atoms with Crippen LogP contribution in [0.25, 0.3) is 0 Å². The van der Waals surface area contributed by atoms with Crippen molar-refractivity contribution in [3.63, 3.8) is 0 Å². The number of carbonyl (C=O) groups excluding carboxylic acids is 1. The molecule has 4 nitrogen and oxygen atoms in total. The van der Waals surface area contributed by atoms with E-state index in [0.717, 1.165) is 16.5 Å². The van der Waals surface area contributed by atoms with Crippen molar-refractivity contribution in [2.45, 2.75) is 20.0 Å². The number of hydrogen-bond acceptors (Lipinski definition) is 4. The van der Waals surface area contributed by atoms with Crippen LogP contribution in [0.15, 0.2) is 40.9 Å². The molecular formula is C17H16BrFO4. The molecule has 0 bridgehead atoms. The van der Waals surface area contributed by atoms with Crippen molar-refractivity contribution in [1.29, 1.82) is 0 Å². The number of methoxy groups -OCH3 is 1. The van der Waals surface area contributed by atoms with Crippen LogP contribution in [0.1, 0.15) is 18.1 Å². The average molecular weight is 383 g/mol. The Morgan fingerprint density at radius 2 is 2.00 bits per heavy atom. The van der Waals surface area contributed by atoms with Gasteiger partial charge in [0, 0.05) is 0 Å². The molecule has 2 rings (SSSR count). The number of carbonyl (C=O) groups is 1. The summed E-state index contributed by atoms with van der Waals surface area (Å²) >= 11 is 3.43. The SMILES string of the molecule is CCc1ccc(OCc2c(F)cccc2OC(=O)OC)c(Br)c1. The summed E-state index contributed by atoms with van der Waals surface area (Å²) in [6, 6.07) is 9.90. The van der Waals surface area contributed by atoms with Crippen LogP contribution in [-0.2, 0) is 17.8 Å². The third-order valence-electron chi connectivity index (χ3n) is 3.21. The summed E-state index contributed by atoms with van der Waals surface area (Å²) in [6.07, 6.45) is -0.00567. The van der Waals surface area contributed by atoms with Crippen molar-refractivity contribution in [3.8, 4) is 11.5 Å². The molecule has 6 heteroatoms. The second kappa shape index (κ2) is 7.97. The van der Waals surface area contributed by atoms with Crippen LogP contribution in [0.5, 0.6) is 11.5 Å². The van der Waals surface area contributed by atoms with E-state index in [-0.39, 0.29) is 17.9 Å². The van der Waals surface area contributed by atoms with E-state index in [1.165, 1.54) is 25.3 Å². The van der Waals surface area contributed by atoms with E-state index in [1.807, 2.05) is 18.2 Å². The summed E-state index contributed by atoms with van der Waals surface area (Å²) in [7, 11) is 1.18. The van der Waals surface area contributed by atoms with Gasteiger partial charge in [0.2, 0.25) is 0 Å². The largest absolute Gasteiger partial charge is 0.513 e. The number of ether oxygens (including phenoxy) is 3. The van der Waals surface area contributed by atoms with Crippen LogP contribution < -0.4 is 9.47 Å². The molecule has 2 aromatic carbocycles. The molecule has 0 radical (unpaired) electrons. The number of benzene rings is 2. The Balaban J connectivity index is 2.18. The second-order valence-electron chi connectivity index (χ2n) is 4.68. The normalized spacial score (nSPS) is 10.3. The fourth-order valence-electron chi connectivity index (χ4n) is 1.94. The quantitative estimate of drug-likeness (QED) is 0.546. The summed E-state index contributed by atoms with van der Waals surface area (Å²) in [6.45, 7) is 1.97. The molecule has 0 aromatic heterocycles. The first-order chi connectivity index (χ1) is 11.0. The lowest BCUT2D eigenvalue weighted by Crippen LogP contribution is -2.11.